The second kappa shape index (κ2) is 7.61. The molecular weight excluding hydrogens is 304 g/mol. The molecule has 2 aliphatic carbocycles. The van der Waals surface area contributed by atoms with E-state index >= 15 is 0 Å². The minimum Gasteiger partial charge on any atom is -0.346 e. The fourth-order valence-corrected chi connectivity index (χ4v) is 4.71. The minimum atomic E-state index is -0.543. The number of carbonyl (C=O) groups is 1. The Morgan fingerprint density at radius 2 is 1.62 bits per heavy atom. The van der Waals surface area contributed by atoms with Crippen molar-refractivity contribution < 1.29 is 14.3 Å². The molecule has 2 amide bonds. The van der Waals surface area contributed by atoms with Crippen LogP contribution in [0.3, 0.4) is 0 Å². The van der Waals surface area contributed by atoms with Gasteiger partial charge < -0.3 is 19.7 Å². The Balaban J connectivity index is 0.000000815. The van der Waals surface area contributed by atoms with Crippen molar-refractivity contribution in [1.29, 1.82) is 0 Å². The molecule has 0 aromatic carbocycles. The summed E-state index contributed by atoms with van der Waals surface area (Å²) in [6.45, 7) is 7.12. The van der Waals surface area contributed by atoms with Gasteiger partial charge in [0.1, 0.15) is 0 Å². The van der Waals surface area contributed by atoms with Crippen molar-refractivity contribution in [2.45, 2.75) is 83.5 Å². The van der Waals surface area contributed by atoms with Crippen molar-refractivity contribution in [2.24, 2.45) is 5.41 Å². The number of nitrogens with one attached hydrogen (secondary N) is 1. The summed E-state index contributed by atoms with van der Waals surface area (Å²) in [6, 6.07) is 0.0930. The first-order chi connectivity index (χ1) is 11.7. The lowest BCUT2D eigenvalue weighted by Gasteiger charge is -2.48. The molecule has 2 spiro atoms. The monoisotopic (exact) mass is 338 g/mol. The standard InChI is InChI=1S/C17H28N2O3.C2H6/c20-15(19-10-8-16(9-11-19)5-3-6-16)18-14-4-1-2-7-17(14)21-12-13-22-17;1-2/h14H,1-13H2,(H,18,20);1-2H3. The first kappa shape index (κ1) is 18.0. The van der Waals surface area contributed by atoms with Crippen molar-refractivity contribution in [1.82, 2.24) is 10.2 Å². The van der Waals surface area contributed by atoms with Crippen LogP contribution in [0, 0.1) is 5.41 Å². The summed E-state index contributed by atoms with van der Waals surface area (Å²) in [5.41, 5.74) is 0.584. The first-order valence-corrected chi connectivity index (χ1v) is 10.0. The van der Waals surface area contributed by atoms with Crippen LogP contribution < -0.4 is 5.32 Å². The summed E-state index contributed by atoms with van der Waals surface area (Å²) in [6.07, 6.45) is 10.6. The van der Waals surface area contributed by atoms with Gasteiger partial charge in [0.15, 0.2) is 5.79 Å². The third kappa shape index (κ3) is 3.43. The molecule has 1 atom stereocenters. The average molecular weight is 338 g/mol. The highest BCUT2D eigenvalue weighted by atomic mass is 16.7. The molecule has 138 valence electrons. The molecule has 0 bridgehead atoms. The zero-order valence-electron chi connectivity index (χ0n) is 15.4. The molecule has 4 rings (SSSR count). The summed E-state index contributed by atoms with van der Waals surface area (Å²) in [4.78, 5) is 14.6. The van der Waals surface area contributed by atoms with E-state index in [0.29, 0.717) is 18.6 Å². The molecule has 1 unspecified atom stereocenters. The summed E-state index contributed by atoms with van der Waals surface area (Å²) in [5.74, 6) is -0.543. The second-order valence-electron chi connectivity index (χ2n) is 7.60. The minimum absolute atomic E-state index is 0.0100. The zero-order valence-corrected chi connectivity index (χ0v) is 15.4. The van der Waals surface area contributed by atoms with Crippen LogP contribution in [0.2, 0.25) is 0 Å². The predicted molar refractivity (Wildman–Crippen MR) is 93.9 cm³/mol. The predicted octanol–water partition coefficient (Wildman–Crippen LogP) is 3.67. The maximum absolute atomic E-state index is 12.6. The SMILES string of the molecule is CC.O=C(NC1CCCCC12OCCO2)N1CCC2(CCC2)CC1. The van der Waals surface area contributed by atoms with E-state index in [-0.39, 0.29) is 12.1 Å². The van der Waals surface area contributed by atoms with Gasteiger partial charge >= 0.3 is 6.03 Å². The van der Waals surface area contributed by atoms with E-state index in [9.17, 15) is 4.79 Å². The number of piperidine rings is 1. The van der Waals surface area contributed by atoms with E-state index < -0.39 is 5.79 Å². The number of rotatable bonds is 1. The number of likely N-dealkylation sites (tertiary alicyclic amines) is 1. The highest BCUT2D eigenvalue weighted by Gasteiger charge is 2.47. The van der Waals surface area contributed by atoms with Crippen LogP contribution >= 0.6 is 0 Å². The van der Waals surface area contributed by atoms with Gasteiger partial charge in [0.25, 0.3) is 0 Å². The van der Waals surface area contributed by atoms with E-state index in [1.807, 2.05) is 18.7 Å². The fourth-order valence-electron chi connectivity index (χ4n) is 4.71. The van der Waals surface area contributed by atoms with Crippen molar-refractivity contribution in [3.8, 4) is 0 Å². The lowest BCUT2D eigenvalue weighted by Crippen LogP contribution is -2.59. The average Bonchev–Trinajstić information content (AvgIpc) is 3.07. The molecular formula is C19H34N2O3. The van der Waals surface area contributed by atoms with E-state index in [1.54, 1.807) is 0 Å². The van der Waals surface area contributed by atoms with Crippen molar-refractivity contribution in [3.63, 3.8) is 0 Å². The lowest BCUT2D eigenvalue weighted by molar-refractivity contribution is -0.193. The number of hydrogen-bond donors (Lipinski definition) is 1. The third-order valence-corrected chi connectivity index (χ3v) is 6.40. The van der Waals surface area contributed by atoms with Crippen LogP contribution in [-0.4, -0.2) is 49.1 Å². The highest BCUT2D eigenvalue weighted by Crippen LogP contribution is 2.48. The Morgan fingerprint density at radius 3 is 2.21 bits per heavy atom. The van der Waals surface area contributed by atoms with Crippen LogP contribution in [0.1, 0.15) is 71.6 Å². The molecule has 5 heteroatoms. The molecule has 24 heavy (non-hydrogen) atoms. The quantitative estimate of drug-likeness (QED) is 0.793. The van der Waals surface area contributed by atoms with Gasteiger partial charge in [0, 0.05) is 19.5 Å². The molecule has 2 heterocycles. The van der Waals surface area contributed by atoms with Crippen molar-refractivity contribution >= 4 is 6.03 Å². The molecule has 2 saturated carbocycles. The second-order valence-corrected chi connectivity index (χ2v) is 7.60. The number of nitrogens with zero attached hydrogens (tertiary/aromatic N) is 1. The summed E-state index contributed by atoms with van der Waals surface area (Å²) < 4.78 is 11.8. The number of amides is 2. The van der Waals surface area contributed by atoms with Gasteiger partial charge in [-0.3, -0.25) is 0 Å². The molecule has 4 fully saturated rings. The number of urea groups is 1. The van der Waals surface area contributed by atoms with Gasteiger partial charge in [-0.25, -0.2) is 4.79 Å². The summed E-state index contributed by atoms with van der Waals surface area (Å²) >= 11 is 0. The Bertz CT molecular complexity index is 420. The van der Waals surface area contributed by atoms with Gasteiger partial charge in [0.05, 0.1) is 19.3 Å². The number of ether oxygens (including phenoxy) is 2. The molecule has 4 aliphatic rings. The maximum atomic E-state index is 12.6. The topological polar surface area (TPSA) is 50.8 Å². The number of carbonyl (C=O) groups excluding carboxylic acids is 1. The molecule has 2 saturated heterocycles. The smallest absolute Gasteiger partial charge is 0.317 e. The van der Waals surface area contributed by atoms with E-state index in [0.717, 1.165) is 38.8 Å². The number of hydrogen-bond acceptors (Lipinski definition) is 3. The van der Waals surface area contributed by atoms with Crippen LogP contribution in [0.15, 0.2) is 0 Å². The summed E-state index contributed by atoms with van der Waals surface area (Å²) in [5, 5.41) is 3.22. The van der Waals surface area contributed by atoms with Gasteiger partial charge in [-0.1, -0.05) is 26.7 Å². The zero-order chi connectivity index (χ0) is 17.0. The van der Waals surface area contributed by atoms with Gasteiger partial charge in [-0.15, -0.1) is 0 Å². The first-order valence-electron chi connectivity index (χ1n) is 10.0. The van der Waals surface area contributed by atoms with Crippen LogP contribution in [-0.2, 0) is 9.47 Å². The molecule has 0 aromatic rings. The van der Waals surface area contributed by atoms with Crippen molar-refractivity contribution in [2.75, 3.05) is 26.3 Å². The Morgan fingerprint density at radius 1 is 0.958 bits per heavy atom. The van der Waals surface area contributed by atoms with Crippen molar-refractivity contribution in [3.05, 3.63) is 0 Å². The fraction of sp³-hybridized carbons (Fsp3) is 0.947. The van der Waals surface area contributed by atoms with E-state index in [1.165, 1.54) is 32.1 Å². The van der Waals surface area contributed by atoms with E-state index in [4.69, 9.17) is 9.47 Å². The van der Waals surface area contributed by atoms with Gasteiger partial charge in [0.2, 0.25) is 0 Å². The molecule has 2 aliphatic heterocycles. The lowest BCUT2D eigenvalue weighted by atomic mass is 9.63. The molecule has 5 nitrogen and oxygen atoms in total. The largest absolute Gasteiger partial charge is 0.346 e. The highest BCUT2D eigenvalue weighted by molar-refractivity contribution is 5.74. The third-order valence-electron chi connectivity index (χ3n) is 6.40. The van der Waals surface area contributed by atoms with Gasteiger partial charge in [-0.2, -0.15) is 0 Å². The normalized spacial score (nSPS) is 30.4. The van der Waals surface area contributed by atoms with Gasteiger partial charge in [-0.05, 0) is 43.9 Å². The molecule has 0 radical (unpaired) electrons. The molecule has 1 N–H and O–H groups in total. The Hall–Kier alpha value is -0.810. The Labute approximate surface area is 146 Å². The molecule has 0 aromatic heterocycles. The van der Waals surface area contributed by atoms with Crippen LogP contribution in [0.25, 0.3) is 0 Å². The maximum Gasteiger partial charge on any atom is 0.317 e. The van der Waals surface area contributed by atoms with Crippen LogP contribution in [0.5, 0.6) is 0 Å². The Kier molecular flexibility index (Phi) is 5.70. The summed E-state index contributed by atoms with van der Waals surface area (Å²) in [7, 11) is 0. The van der Waals surface area contributed by atoms with Crippen LogP contribution in [0.4, 0.5) is 4.79 Å². The van der Waals surface area contributed by atoms with E-state index in [2.05, 4.69) is 5.32 Å².